The number of carbonyl (C=O) groups is 2. The Hall–Kier alpha value is -3.68. The number of fused-ring (bicyclic) bond motifs is 1. The quantitative estimate of drug-likeness (QED) is 0.581. The maximum atomic E-state index is 12.8. The standard InChI is InChI=1S/C23H26N4O4/c1-3-13-26(15-20(28)24-18-10-6-4-8-16(18)2)21(29)12-14-27-19-11-7-5-9-17(19)22(30)25-23(27)31/h4-11H,3,12-15H2,1-2H3,(H,24,28)(H,25,30,31). The van der Waals surface area contributed by atoms with Crippen LogP contribution in [0.3, 0.4) is 0 Å². The van der Waals surface area contributed by atoms with Gasteiger partial charge >= 0.3 is 5.69 Å². The van der Waals surface area contributed by atoms with E-state index in [1.165, 1.54) is 9.47 Å². The summed E-state index contributed by atoms with van der Waals surface area (Å²) in [4.78, 5) is 53.4. The molecule has 8 nitrogen and oxygen atoms in total. The van der Waals surface area contributed by atoms with Crippen LogP contribution in [0, 0.1) is 6.92 Å². The molecule has 0 bridgehead atoms. The largest absolute Gasteiger partial charge is 0.333 e. The van der Waals surface area contributed by atoms with Crippen molar-refractivity contribution in [1.82, 2.24) is 14.5 Å². The van der Waals surface area contributed by atoms with Gasteiger partial charge in [-0.25, -0.2) is 4.79 Å². The molecule has 162 valence electrons. The van der Waals surface area contributed by atoms with Gasteiger partial charge in [-0.05, 0) is 37.1 Å². The molecule has 3 aromatic rings. The number of hydrogen-bond acceptors (Lipinski definition) is 4. The van der Waals surface area contributed by atoms with Gasteiger partial charge < -0.3 is 10.2 Å². The highest BCUT2D eigenvalue weighted by molar-refractivity contribution is 5.95. The van der Waals surface area contributed by atoms with E-state index in [0.29, 0.717) is 29.6 Å². The lowest BCUT2D eigenvalue weighted by Gasteiger charge is -2.22. The molecular weight excluding hydrogens is 396 g/mol. The number of amides is 2. The van der Waals surface area contributed by atoms with E-state index < -0.39 is 11.2 Å². The fourth-order valence-electron chi connectivity index (χ4n) is 3.47. The summed E-state index contributed by atoms with van der Waals surface area (Å²) in [5, 5.41) is 3.23. The Morgan fingerprint density at radius 2 is 1.77 bits per heavy atom. The smallest absolute Gasteiger partial charge is 0.328 e. The van der Waals surface area contributed by atoms with Crippen molar-refractivity contribution >= 4 is 28.4 Å². The van der Waals surface area contributed by atoms with E-state index in [1.807, 2.05) is 38.1 Å². The summed E-state index contributed by atoms with van der Waals surface area (Å²) in [7, 11) is 0. The highest BCUT2D eigenvalue weighted by atomic mass is 16.2. The van der Waals surface area contributed by atoms with Crippen molar-refractivity contribution in [3.8, 4) is 0 Å². The fraction of sp³-hybridized carbons (Fsp3) is 0.304. The van der Waals surface area contributed by atoms with Crippen LogP contribution in [0.5, 0.6) is 0 Å². The highest BCUT2D eigenvalue weighted by Gasteiger charge is 2.18. The Morgan fingerprint density at radius 3 is 2.52 bits per heavy atom. The number of rotatable bonds is 8. The second-order valence-electron chi connectivity index (χ2n) is 7.36. The van der Waals surface area contributed by atoms with E-state index in [9.17, 15) is 19.2 Å². The van der Waals surface area contributed by atoms with Gasteiger partial charge in [-0.15, -0.1) is 0 Å². The van der Waals surface area contributed by atoms with Crippen LogP contribution in [0.4, 0.5) is 5.69 Å². The fourth-order valence-corrected chi connectivity index (χ4v) is 3.47. The van der Waals surface area contributed by atoms with E-state index in [2.05, 4.69) is 10.3 Å². The van der Waals surface area contributed by atoms with E-state index >= 15 is 0 Å². The van der Waals surface area contributed by atoms with Crippen LogP contribution in [0.15, 0.2) is 58.1 Å². The Balaban J connectivity index is 1.71. The van der Waals surface area contributed by atoms with Gasteiger partial charge in [0, 0.05) is 25.2 Å². The monoisotopic (exact) mass is 422 g/mol. The number of nitrogens with zero attached hydrogens (tertiary/aromatic N) is 2. The molecule has 0 spiro atoms. The molecule has 3 rings (SSSR count). The van der Waals surface area contributed by atoms with Gasteiger partial charge in [0.2, 0.25) is 11.8 Å². The lowest BCUT2D eigenvalue weighted by atomic mass is 10.2. The first-order valence-corrected chi connectivity index (χ1v) is 10.3. The third-order valence-electron chi connectivity index (χ3n) is 5.05. The lowest BCUT2D eigenvalue weighted by molar-refractivity contribution is -0.134. The number of benzene rings is 2. The van der Waals surface area contributed by atoms with E-state index in [4.69, 9.17) is 0 Å². The Labute approximate surface area is 179 Å². The number of H-pyrrole nitrogens is 1. The number of hydrogen-bond donors (Lipinski definition) is 2. The molecule has 0 fully saturated rings. The van der Waals surface area contributed by atoms with Crippen LogP contribution in [0.2, 0.25) is 0 Å². The third-order valence-corrected chi connectivity index (χ3v) is 5.05. The average Bonchev–Trinajstić information content (AvgIpc) is 2.75. The molecule has 2 aromatic carbocycles. The summed E-state index contributed by atoms with van der Waals surface area (Å²) in [5.41, 5.74) is 1.11. The van der Waals surface area contributed by atoms with Crippen molar-refractivity contribution in [2.45, 2.75) is 33.2 Å². The number of aromatic amines is 1. The summed E-state index contributed by atoms with van der Waals surface area (Å²) in [6, 6.07) is 14.2. The van der Waals surface area contributed by atoms with Gasteiger partial charge in [0.05, 0.1) is 17.4 Å². The number of aromatic nitrogens is 2. The summed E-state index contributed by atoms with van der Waals surface area (Å²) in [6.07, 6.45) is 0.735. The molecule has 0 saturated heterocycles. The maximum Gasteiger partial charge on any atom is 0.328 e. The molecule has 8 heteroatoms. The van der Waals surface area contributed by atoms with Gasteiger partial charge in [-0.3, -0.25) is 23.9 Å². The van der Waals surface area contributed by atoms with Crippen LogP contribution >= 0.6 is 0 Å². The van der Waals surface area contributed by atoms with Crippen molar-refractivity contribution in [3.05, 3.63) is 74.9 Å². The normalized spacial score (nSPS) is 10.8. The Bertz CT molecular complexity index is 1210. The van der Waals surface area contributed by atoms with Gasteiger partial charge in [0.15, 0.2) is 0 Å². The molecule has 0 radical (unpaired) electrons. The highest BCUT2D eigenvalue weighted by Crippen LogP contribution is 2.13. The second kappa shape index (κ2) is 9.88. The SMILES string of the molecule is CCCN(CC(=O)Nc1ccccc1C)C(=O)CCn1c(=O)[nH]c(=O)c2ccccc21. The van der Waals surface area contributed by atoms with Gasteiger partial charge in [-0.1, -0.05) is 37.3 Å². The molecule has 1 heterocycles. The third kappa shape index (κ3) is 5.28. The summed E-state index contributed by atoms with van der Waals surface area (Å²) < 4.78 is 1.38. The van der Waals surface area contributed by atoms with Crippen molar-refractivity contribution in [2.75, 3.05) is 18.4 Å². The summed E-state index contributed by atoms with van der Waals surface area (Å²) in [5.74, 6) is -0.508. The van der Waals surface area contributed by atoms with Crippen LogP contribution < -0.4 is 16.6 Å². The molecular formula is C23H26N4O4. The zero-order chi connectivity index (χ0) is 22.4. The van der Waals surface area contributed by atoms with E-state index in [1.54, 1.807) is 24.3 Å². The van der Waals surface area contributed by atoms with Gasteiger partial charge in [-0.2, -0.15) is 0 Å². The first kappa shape index (κ1) is 22.0. The van der Waals surface area contributed by atoms with E-state index in [0.717, 1.165) is 5.56 Å². The lowest BCUT2D eigenvalue weighted by Crippen LogP contribution is -2.39. The zero-order valence-corrected chi connectivity index (χ0v) is 17.7. The molecule has 0 aliphatic carbocycles. The molecule has 0 unspecified atom stereocenters. The minimum absolute atomic E-state index is 0.0353. The van der Waals surface area contributed by atoms with Crippen molar-refractivity contribution < 1.29 is 9.59 Å². The molecule has 0 saturated carbocycles. The number of aryl methyl sites for hydroxylation is 2. The molecule has 31 heavy (non-hydrogen) atoms. The molecule has 2 N–H and O–H groups in total. The maximum absolute atomic E-state index is 12.8. The minimum Gasteiger partial charge on any atom is -0.333 e. The molecule has 0 aliphatic rings. The molecule has 0 atom stereocenters. The number of para-hydroxylation sites is 2. The minimum atomic E-state index is -0.559. The van der Waals surface area contributed by atoms with E-state index in [-0.39, 0.29) is 31.3 Å². The van der Waals surface area contributed by atoms with Crippen molar-refractivity contribution in [3.63, 3.8) is 0 Å². The van der Waals surface area contributed by atoms with Gasteiger partial charge in [0.25, 0.3) is 5.56 Å². The molecule has 1 aromatic heterocycles. The number of nitrogens with one attached hydrogen (secondary N) is 2. The summed E-state index contributed by atoms with van der Waals surface area (Å²) in [6.45, 7) is 4.30. The average molecular weight is 422 g/mol. The molecule has 2 amide bonds. The first-order valence-electron chi connectivity index (χ1n) is 10.3. The second-order valence-corrected chi connectivity index (χ2v) is 7.36. The predicted octanol–water partition coefficient (Wildman–Crippen LogP) is 2.27. The number of carbonyl (C=O) groups excluding carboxylic acids is 2. The number of anilines is 1. The van der Waals surface area contributed by atoms with Crippen LogP contribution in [-0.2, 0) is 16.1 Å². The summed E-state index contributed by atoms with van der Waals surface area (Å²) >= 11 is 0. The van der Waals surface area contributed by atoms with Gasteiger partial charge in [0.1, 0.15) is 0 Å². The van der Waals surface area contributed by atoms with Crippen LogP contribution in [0.1, 0.15) is 25.3 Å². The molecule has 0 aliphatic heterocycles. The van der Waals surface area contributed by atoms with Crippen molar-refractivity contribution in [2.24, 2.45) is 0 Å². The first-order chi connectivity index (χ1) is 14.9. The Morgan fingerprint density at radius 1 is 1.06 bits per heavy atom. The predicted molar refractivity (Wildman–Crippen MR) is 120 cm³/mol. The topological polar surface area (TPSA) is 104 Å². The van der Waals surface area contributed by atoms with Crippen molar-refractivity contribution in [1.29, 1.82) is 0 Å². The zero-order valence-electron chi connectivity index (χ0n) is 17.7. The van der Waals surface area contributed by atoms with Crippen LogP contribution in [0.25, 0.3) is 10.9 Å². The van der Waals surface area contributed by atoms with Crippen LogP contribution in [-0.4, -0.2) is 39.4 Å². The Kier molecular flexibility index (Phi) is 7.02.